The molecule has 2 amide bonds. The van der Waals surface area contributed by atoms with Gasteiger partial charge in [0.1, 0.15) is 5.76 Å². The third-order valence-electron chi connectivity index (χ3n) is 4.07. The molecule has 0 unspecified atom stereocenters. The van der Waals surface area contributed by atoms with Gasteiger partial charge in [-0.2, -0.15) is 0 Å². The van der Waals surface area contributed by atoms with Gasteiger partial charge < -0.3 is 15.2 Å². The molecule has 0 saturated heterocycles. The Morgan fingerprint density at radius 2 is 2.17 bits per heavy atom. The molecule has 2 aromatic rings. The molecule has 1 aliphatic rings. The monoisotopic (exact) mass is 313 g/mol. The number of fused-ring (bicyclic) bond motifs is 1. The van der Waals surface area contributed by atoms with Gasteiger partial charge in [0.15, 0.2) is 0 Å². The van der Waals surface area contributed by atoms with Crippen LogP contribution in [-0.2, 0) is 22.4 Å². The number of carbonyl (C=O) groups is 2. The molecule has 6 heteroatoms. The first-order valence-corrected chi connectivity index (χ1v) is 7.67. The highest BCUT2D eigenvalue weighted by molar-refractivity contribution is 5.95. The minimum atomic E-state index is -0.0511. The summed E-state index contributed by atoms with van der Waals surface area (Å²) < 4.78 is 5.10. The molecule has 0 radical (unpaired) electrons. The number of hydrogen-bond acceptors (Lipinski definition) is 4. The first-order chi connectivity index (χ1) is 11.0. The lowest BCUT2D eigenvalue weighted by Crippen LogP contribution is -2.19. The number of nitrogens with zero attached hydrogens (tertiary/aromatic N) is 1. The van der Waals surface area contributed by atoms with Gasteiger partial charge in [-0.1, -0.05) is 5.16 Å². The highest BCUT2D eigenvalue weighted by atomic mass is 16.5. The Balaban J connectivity index is 1.61. The molecular formula is C17H19N3O3. The third kappa shape index (κ3) is 3.41. The largest absolute Gasteiger partial charge is 0.361 e. The van der Waals surface area contributed by atoms with E-state index >= 15 is 0 Å². The van der Waals surface area contributed by atoms with E-state index in [1.165, 1.54) is 0 Å². The topological polar surface area (TPSA) is 84.2 Å². The van der Waals surface area contributed by atoms with Gasteiger partial charge >= 0.3 is 0 Å². The highest BCUT2D eigenvalue weighted by Gasteiger charge is 2.16. The van der Waals surface area contributed by atoms with Crippen molar-refractivity contribution in [1.29, 1.82) is 0 Å². The first kappa shape index (κ1) is 15.3. The molecule has 2 N–H and O–H groups in total. The van der Waals surface area contributed by atoms with Crippen molar-refractivity contribution < 1.29 is 14.1 Å². The summed E-state index contributed by atoms with van der Waals surface area (Å²) in [6, 6.07) is 5.55. The normalized spacial score (nSPS) is 13.4. The van der Waals surface area contributed by atoms with Crippen molar-refractivity contribution in [3.05, 3.63) is 40.8 Å². The van der Waals surface area contributed by atoms with Crippen LogP contribution in [0.1, 0.15) is 35.4 Å². The van der Waals surface area contributed by atoms with Gasteiger partial charge in [-0.25, -0.2) is 0 Å². The first-order valence-electron chi connectivity index (χ1n) is 7.67. The van der Waals surface area contributed by atoms with Crippen LogP contribution in [0.25, 0.3) is 0 Å². The van der Waals surface area contributed by atoms with Crippen LogP contribution in [0.4, 0.5) is 11.4 Å². The second-order valence-electron chi connectivity index (χ2n) is 5.77. The number of nitrogens with one attached hydrogen (secondary N) is 2. The van der Waals surface area contributed by atoms with Crippen LogP contribution in [0.3, 0.4) is 0 Å². The van der Waals surface area contributed by atoms with Gasteiger partial charge in [0.05, 0.1) is 5.69 Å². The Hall–Kier alpha value is -2.63. The quantitative estimate of drug-likeness (QED) is 0.909. The molecule has 0 aliphatic carbocycles. The maximum Gasteiger partial charge on any atom is 0.224 e. The molecule has 3 rings (SSSR count). The Labute approximate surface area is 134 Å². The molecule has 120 valence electrons. The van der Waals surface area contributed by atoms with Crippen molar-refractivity contribution >= 4 is 23.2 Å². The average Bonchev–Trinajstić information content (AvgIpc) is 2.84. The summed E-state index contributed by atoms with van der Waals surface area (Å²) in [5.74, 6) is 0.748. The maximum atomic E-state index is 12.1. The Morgan fingerprint density at radius 1 is 1.35 bits per heavy atom. The van der Waals surface area contributed by atoms with Crippen LogP contribution in [0.2, 0.25) is 0 Å². The Morgan fingerprint density at radius 3 is 2.91 bits per heavy atom. The Bertz CT molecular complexity index is 745. The van der Waals surface area contributed by atoms with Gasteiger partial charge in [-0.05, 0) is 50.5 Å². The summed E-state index contributed by atoms with van der Waals surface area (Å²) in [5.41, 5.74) is 4.46. The van der Waals surface area contributed by atoms with Gasteiger partial charge in [-0.15, -0.1) is 0 Å². The fourth-order valence-corrected chi connectivity index (χ4v) is 2.78. The van der Waals surface area contributed by atoms with Crippen LogP contribution >= 0.6 is 0 Å². The summed E-state index contributed by atoms with van der Waals surface area (Å²) in [6.07, 6.45) is 2.16. The molecule has 1 aliphatic heterocycles. The van der Waals surface area contributed by atoms with Crippen LogP contribution in [0, 0.1) is 13.8 Å². The zero-order chi connectivity index (χ0) is 16.4. The van der Waals surface area contributed by atoms with E-state index in [9.17, 15) is 9.59 Å². The summed E-state index contributed by atoms with van der Waals surface area (Å²) in [4.78, 5) is 23.5. The lowest BCUT2D eigenvalue weighted by Gasteiger charge is -2.17. The summed E-state index contributed by atoms with van der Waals surface area (Å²) in [6.45, 7) is 3.73. The molecule has 0 atom stereocenters. The summed E-state index contributed by atoms with van der Waals surface area (Å²) >= 11 is 0. The number of aryl methyl sites for hydroxylation is 3. The van der Waals surface area contributed by atoms with Crippen LogP contribution in [0.15, 0.2) is 22.7 Å². The second-order valence-corrected chi connectivity index (χ2v) is 5.77. The molecular weight excluding hydrogens is 294 g/mol. The number of aromatic nitrogens is 1. The Kier molecular flexibility index (Phi) is 4.14. The SMILES string of the molecule is Cc1noc(C)c1CCC(=O)Nc1ccc2c(c1)CCC(=O)N2. The number of carbonyl (C=O) groups excluding carboxylic acids is 2. The molecule has 2 heterocycles. The molecule has 23 heavy (non-hydrogen) atoms. The van der Waals surface area contributed by atoms with Crippen molar-refractivity contribution in [2.45, 2.75) is 39.5 Å². The van der Waals surface area contributed by atoms with Gasteiger partial charge in [0.25, 0.3) is 0 Å². The molecule has 0 bridgehead atoms. The van der Waals surface area contributed by atoms with Crippen molar-refractivity contribution in [3.8, 4) is 0 Å². The lowest BCUT2D eigenvalue weighted by atomic mass is 10.0. The summed E-state index contributed by atoms with van der Waals surface area (Å²) in [5, 5.41) is 9.62. The average molecular weight is 313 g/mol. The lowest BCUT2D eigenvalue weighted by molar-refractivity contribution is -0.117. The number of hydrogen-bond donors (Lipinski definition) is 2. The maximum absolute atomic E-state index is 12.1. The number of amides is 2. The fourth-order valence-electron chi connectivity index (χ4n) is 2.78. The van der Waals surface area contributed by atoms with Crippen molar-refractivity contribution in [2.75, 3.05) is 10.6 Å². The van der Waals surface area contributed by atoms with E-state index in [-0.39, 0.29) is 11.8 Å². The number of benzene rings is 1. The van der Waals surface area contributed by atoms with E-state index in [0.717, 1.165) is 34.0 Å². The van der Waals surface area contributed by atoms with Crippen LogP contribution in [0.5, 0.6) is 0 Å². The molecule has 6 nitrogen and oxygen atoms in total. The van der Waals surface area contributed by atoms with Crippen LogP contribution in [-0.4, -0.2) is 17.0 Å². The molecule has 1 aromatic carbocycles. The van der Waals surface area contributed by atoms with Gasteiger partial charge in [0, 0.05) is 29.8 Å². The van der Waals surface area contributed by atoms with E-state index in [1.807, 2.05) is 26.0 Å². The smallest absolute Gasteiger partial charge is 0.224 e. The van der Waals surface area contributed by atoms with Crippen molar-refractivity contribution in [1.82, 2.24) is 5.16 Å². The van der Waals surface area contributed by atoms with E-state index in [0.29, 0.717) is 25.7 Å². The van der Waals surface area contributed by atoms with Gasteiger partial charge in [-0.3, -0.25) is 9.59 Å². The number of anilines is 2. The minimum Gasteiger partial charge on any atom is -0.361 e. The van der Waals surface area contributed by atoms with Gasteiger partial charge in [0.2, 0.25) is 11.8 Å². The zero-order valence-corrected chi connectivity index (χ0v) is 13.2. The van der Waals surface area contributed by atoms with Crippen molar-refractivity contribution in [2.24, 2.45) is 0 Å². The standard InChI is InChI=1S/C17H19N3O3/c1-10-14(11(2)23-20-10)5-8-16(21)18-13-4-6-15-12(9-13)3-7-17(22)19-15/h4,6,9H,3,5,7-8H2,1-2H3,(H,18,21)(H,19,22). The molecule has 0 spiro atoms. The van der Waals surface area contributed by atoms with E-state index in [1.54, 1.807) is 6.07 Å². The van der Waals surface area contributed by atoms with E-state index in [2.05, 4.69) is 15.8 Å². The molecule has 0 saturated carbocycles. The highest BCUT2D eigenvalue weighted by Crippen LogP contribution is 2.25. The zero-order valence-electron chi connectivity index (χ0n) is 13.2. The third-order valence-corrected chi connectivity index (χ3v) is 4.07. The summed E-state index contributed by atoms with van der Waals surface area (Å²) in [7, 11) is 0. The minimum absolute atomic E-state index is 0.0359. The predicted molar refractivity (Wildman–Crippen MR) is 86.3 cm³/mol. The number of rotatable bonds is 4. The fraction of sp³-hybridized carbons (Fsp3) is 0.353. The van der Waals surface area contributed by atoms with E-state index < -0.39 is 0 Å². The second kappa shape index (κ2) is 6.24. The molecule has 0 fully saturated rings. The van der Waals surface area contributed by atoms with Crippen molar-refractivity contribution in [3.63, 3.8) is 0 Å². The molecule has 1 aromatic heterocycles. The predicted octanol–water partition coefficient (Wildman–Crippen LogP) is 2.75. The van der Waals surface area contributed by atoms with E-state index in [4.69, 9.17) is 4.52 Å². The van der Waals surface area contributed by atoms with Crippen LogP contribution < -0.4 is 10.6 Å².